The van der Waals surface area contributed by atoms with Crippen LogP contribution >= 0.6 is 0 Å². The number of ether oxygens (including phenoxy) is 3. The van der Waals surface area contributed by atoms with Crippen LogP contribution in [0.25, 0.3) is 45.0 Å². The second-order valence-electron chi connectivity index (χ2n) is 40.3. The number of hydrogen-bond acceptors (Lipinski definition) is 27. The Morgan fingerprint density at radius 2 is 0.630 bits per heavy atom. The molecule has 32 heteroatoms. The van der Waals surface area contributed by atoms with E-state index in [1.54, 1.807) is 43.9 Å². The van der Waals surface area contributed by atoms with E-state index in [0.29, 0.717) is 55.5 Å². The lowest BCUT2D eigenvalue weighted by atomic mass is 10.0. The van der Waals surface area contributed by atoms with E-state index in [0.717, 1.165) is 310 Å². The summed E-state index contributed by atoms with van der Waals surface area (Å²) in [5.41, 5.74) is 22.1. The molecule has 756 valence electrons. The van der Waals surface area contributed by atoms with Crippen molar-refractivity contribution >= 4 is 121 Å². The number of rotatable bonds is 18. The van der Waals surface area contributed by atoms with Gasteiger partial charge in [-0.15, -0.1) is 0 Å². The lowest BCUT2D eigenvalue weighted by Gasteiger charge is -2.34. The highest BCUT2D eigenvalue weighted by Gasteiger charge is 2.41. The number of aromatic nitrogens is 8. The number of piperazine rings is 2. The second kappa shape index (κ2) is 44.2. The van der Waals surface area contributed by atoms with E-state index in [1.165, 1.54) is 25.7 Å². The molecule has 5 saturated heterocycles. The number of nitrogens with zero attached hydrogens (tertiary/aromatic N) is 19. The minimum atomic E-state index is -0.183. The molecule has 4 aromatic heterocycles. The largest absolute Gasteiger partial charge is 0.494 e. The second-order valence-corrected chi connectivity index (χ2v) is 40.3. The summed E-state index contributed by atoms with van der Waals surface area (Å²) in [6, 6.07) is 62.1. The number of para-hydroxylation sites is 4. The smallest absolute Gasteiger partial charge is 0.329 e. The molecule has 12 aliphatic rings. The number of aliphatic hydroxyl groups is 2. The van der Waals surface area contributed by atoms with Crippen LogP contribution in [0.3, 0.4) is 0 Å². The number of carbonyl (C=O) groups is 4. The standard InChI is InChI=1S/C29H34N6O3.C29H34N6O2.C28H32N6O2.C28H31N5O2/c1-33-11-13-34(14-12-33)22-7-8-24(26(18-22)37-2)31-29-30-19-20-17-27(36)35(21-9-15-38-16-10-21)25-6-4-3-5-23(25)28(20)32-29;1-33-13-15-34(16-14-33)22-11-12-24(26(18-22)37-2)31-29-30-19-20-17-27(36)35(21-7-3-4-8-21)25-10-6-5-9-23(25)28(20)32-29;1-32-25-18-29-27(30-19-10-12-20(13-11-19)33-16-14-22(35)15-17-33)31-26(25)23-8-4-5-9-24(23)34(28(32)36)21-6-2-3-7-21;34-23-13-15-32(16-14-23)21-11-9-20(10-12-21)30-28-29-18-19-17-26(35)33(22-5-1-2-6-22)25-8-4-3-7-24(25)27(19)31-28/h3-8,18-19,21H,9-17H2,1-2H3,(H,30,31,32);5-6,9-12,18-19,21H,3-4,7-8,13-17H2,1-2H3,(H,30,31,32);4-5,8-13,18,21-22,35H,2-3,6-7,14-17H2,1H3,(H,29,30,31);3-4,7-12,18,22-23,34H,1-2,5-6,13-17H2,(H,29,30,31). The Kier molecular flexibility index (Phi) is 29.6. The van der Waals surface area contributed by atoms with Crippen LogP contribution < -0.4 is 74.8 Å². The summed E-state index contributed by atoms with van der Waals surface area (Å²) in [6.07, 6.45) is 25.8. The van der Waals surface area contributed by atoms with Gasteiger partial charge in [-0.2, -0.15) is 0 Å². The van der Waals surface area contributed by atoms with E-state index < -0.39 is 0 Å². The molecular formula is C114H131N23O9. The van der Waals surface area contributed by atoms with Gasteiger partial charge in [-0.05, 0) is 188 Å². The van der Waals surface area contributed by atoms with Crippen molar-refractivity contribution in [2.75, 3.05) is 192 Å². The summed E-state index contributed by atoms with van der Waals surface area (Å²) in [5.74, 6) is 3.79. The van der Waals surface area contributed by atoms with Gasteiger partial charge in [-0.1, -0.05) is 111 Å². The zero-order valence-corrected chi connectivity index (χ0v) is 84.1. The monoisotopic (exact) mass is 1970 g/mol. The van der Waals surface area contributed by atoms with E-state index in [-0.39, 0.29) is 66.5 Å². The first-order chi connectivity index (χ1) is 71.4. The summed E-state index contributed by atoms with van der Waals surface area (Å²) in [4.78, 5) is 115. The Bertz CT molecular complexity index is 6660. The zero-order valence-electron chi connectivity index (χ0n) is 84.1. The lowest BCUT2D eigenvalue weighted by Crippen LogP contribution is -2.45. The molecule has 9 aliphatic heterocycles. The number of nitrogens with one attached hydrogen (secondary N) is 4. The highest BCUT2D eigenvalue weighted by molar-refractivity contribution is 6.11. The van der Waals surface area contributed by atoms with Gasteiger partial charge >= 0.3 is 6.03 Å². The molecule has 8 aromatic carbocycles. The van der Waals surface area contributed by atoms with Crippen LogP contribution in [0.2, 0.25) is 0 Å². The molecular weight excluding hydrogens is 1840 g/mol. The number of methoxy groups -OCH3 is 2. The quantitative estimate of drug-likeness (QED) is 0.0465. The predicted octanol–water partition coefficient (Wildman–Crippen LogP) is 18.0. The third kappa shape index (κ3) is 21.4. The molecule has 12 aromatic rings. The van der Waals surface area contributed by atoms with Gasteiger partial charge in [0.1, 0.15) is 17.2 Å². The average Bonchev–Trinajstić information content (AvgIpc) is 1.30. The first-order valence-corrected chi connectivity index (χ1v) is 52.3. The number of piperidine rings is 2. The highest BCUT2D eigenvalue weighted by atomic mass is 16.5. The normalized spacial score (nSPS) is 18.6. The number of carbonyl (C=O) groups excluding carboxylic acids is 4. The van der Waals surface area contributed by atoms with Crippen LogP contribution in [-0.4, -0.2) is 247 Å². The van der Waals surface area contributed by atoms with Crippen molar-refractivity contribution in [1.29, 1.82) is 0 Å². The number of amides is 5. The molecule has 3 saturated carbocycles. The van der Waals surface area contributed by atoms with Crippen LogP contribution in [-0.2, 0) is 38.4 Å². The van der Waals surface area contributed by atoms with Crippen LogP contribution in [0, 0.1) is 0 Å². The highest BCUT2D eigenvalue weighted by Crippen LogP contribution is 2.48. The third-order valence-electron chi connectivity index (χ3n) is 30.9. The summed E-state index contributed by atoms with van der Waals surface area (Å²) in [5, 5.41) is 32.9. The molecule has 5 amide bonds. The minimum absolute atomic E-state index is 0.0294. The van der Waals surface area contributed by atoms with E-state index in [1.807, 2.05) is 142 Å². The van der Waals surface area contributed by atoms with Crippen molar-refractivity contribution < 1.29 is 43.6 Å². The summed E-state index contributed by atoms with van der Waals surface area (Å²) < 4.78 is 17.0. The summed E-state index contributed by atoms with van der Waals surface area (Å²) >= 11 is 0. The van der Waals surface area contributed by atoms with Crippen molar-refractivity contribution in [3.05, 3.63) is 223 Å². The molecule has 0 unspecified atom stereocenters. The Morgan fingerprint density at radius 1 is 0.322 bits per heavy atom. The van der Waals surface area contributed by atoms with Crippen LogP contribution in [0.5, 0.6) is 11.5 Å². The number of anilines is 17. The van der Waals surface area contributed by atoms with Crippen LogP contribution in [0.1, 0.15) is 132 Å². The Hall–Kier alpha value is -14.4. The van der Waals surface area contributed by atoms with E-state index in [9.17, 15) is 29.4 Å². The number of hydrogen-bond donors (Lipinski definition) is 6. The fraction of sp³-hybridized carbons (Fsp3) is 0.404. The Labute approximate surface area is 853 Å². The summed E-state index contributed by atoms with van der Waals surface area (Å²) in [7, 11) is 9.49. The van der Waals surface area contributed by atoms with Gasteiger partial charge in [-0.25, -0.2) is 44.7 Å². The van der Waals surface area contributed by atoms with Crippen molar-refractivity contribution in [2.45, 2.75) is 171 Å². The van der Waals surface area contributed by atoms with Gasteiger partial charge in [0.2, 0.25) is 41.5 Å². The molecule has 13 heterocycles. The van der Waals surface area contributed by atoms with Crippen molar-refractivity contribution in [3.8, 4) is 56.5 Å². The molecule has 0 spiro atoms. The number of urea groups is 1. The Morgan fingerprint density at radius 3 is 1.00 bits per heavy atom. The van der Waals surface area contributed by atoms with Gasteiger partial charge in [-0.3, -0.25) is 24.2 Å². The molecule has 24 rings (SSSR count). The Balaban J connectivity index is 0.000000114. The number of benzene rings is 8. The molecule has 32 nitrogen and oxygen atoms in total. The average molecular weight is 1970 g/mol. The topological polar surface area (TPSA) is 323 Å². The van der Waals surface area contributed by atoms with Crippen molar-refractivity contribution in [3.63, 3.8) is 0 Å². The van der Waals surface area contributed by atoms with Crippen LogP contribution in [0.4, 0.5) is 103 Å². The van der Waals surface area contributed by atoms with E-state index in [2.05, 4.69) is 151 Å². The van der Waals surface area contributed by atoms with Gasteiger partial charge in [0.25, 0.3) is 0 Å². The van der Waals surface area contributed by atoms with Gasteiger partial charge in [0.05, 0.1) is 109 Å². The zero-order chi connectivity index (χ0) is 99.8. The van der Waals surface area contributed by atoms with Gasteiger partial charge < -0.3 is 89.8 Å². The number of fused-ring (bicyclic) bond motifs is 12. The molecule has 0 bridgehead atoms. The summed E-state index contributed by atoms with van der Waals surface area (Å²) in [6.45, 7) is 13.0. The van der Waals surface area contributed by atoms with Crippen molar-refractivity contribution in [2.24, 2.45) is 0 Å². The SMILES string of the molecule is CN1C(=O)N(C2CCCC2)c2ccccc2-c2nc(Nc3ccc(N4CCC(O)CC4)cc3)ncc21.COc1cc(N2CCN(C)CC2)ccc1Nc1ncc2c(n1)-c1ccccc1N(C1CCCC1)C(=O)C2.COc1cc(N2CCN(C)CC2)ccc1Nc1ncc2c(n1)-c1ccccc1N(C1CCOCC1)C(=O)C2.O=C1Cc2cnc(Nc3ccc(N4CCC(O)CC4)cc3)nc2-c2ccccc2N1C1CCCC1. The lowest BCUT2D eigenvalue weighted by molar-refractivity contribution is -0.119. The van der Waals surface area contributed by atoms with E-state index in [4.69, 9.17) is 34.1 Å². The molecule has 8 fully saturated rings. The fourth-order valence-electron chi connectivity index (χ4n) is 22.8. The van der Waals surface area contributed by atoms with Gasteiger partial charge in [0.15, 0.2) is 0 Å². The predicted molar refractivity (Wildman–Crippen MR) is 577 cm³/mol. The maximum atomic E-state index is 13.6. The maximum Gasteiger partial charge on any atom is 0.329 e. The molecule has 146 heavy (non-hydrogen) atoms. The van der Waals surface area contributed by atoms with E-state index >= 15 is 0 Å². The molecule has 6 N–H and O–H groups in total. The van der Waals surface area contributed by atoms with Crippen LogP contribution in [0.15, 0.2) is 207 Å². The first-order valence-electron chi connectivity index (χ1n) is 52.3. The molecule has 0 atom stereocenters. The van der Waals surface area contributed by atoms with Crippen molar-refractivity contribution in [1.82, 2.24) is 49.7 Å². The number of aliphatic hydroxyl groups excluding tert-OH is 2. The fourth-order valence-corrected chi connectivity index (χ4v) is 22.8. The molecule has 3 aliphatic carbocycles. The maximum absolute atomic E-state index is 13.6. The van der Waals surface area contributed by atoms with Gasteiger partial charge in [0, 0.05) is 227 Å². The third-order valence-corrected chi connectivity index (χ3v) is 30.9. The minimum Gasteiger partial charge on any atom is -0.494 e. The first kappa shape index (κ1) is 97.6. The number of likely N-dealkylation sites (N-methyl/N-ethyl adjacent to an activating group) is 2. The molecule has 0 radical (unpaired) electrons.